The highest BCUT2D eigenvalue weighted by molar-refractivity contribution is 5.86. The second-order valence-electron chi connectivity index (χ2n) is 3.60. The van der Waals surface area contributed by atoms with Gasteiger partial charge in [0.15, 0.2) is 0 Å². The van der Waals surface area contributed by atoms with E-state index in [9.17, 15) is 0 Å². The van der Waals surface area contributed by atoms with Crippen LogP contribution in [0.2, 0.25) is 0 Å². The summed E-state index contributed by atoms with van der Waals surface area (Å²) < 4.78 is 5.22. The molecule has 0 bridgehead atoms. The zero-order valence-corrected chi connectivity index (χ0v) is 8.05. The lowest BCUT2D eigenvalue weighted by molar-refractivity contribution is 0.415. The van der Waals surface area contributed by atoms with E-state index in [0.29, 0.717) is 0 Å². The van der Waals surface area contributed by atoms with Crippen molar-refractivity contribution in [1.82, 2.24) is 10.3 Å². The topological polar surface area (TPSA) is 37.0 Å². The SMILES string of the molecule is COc1ccc2[nH]c3c(c2c1)CNC3. The predicted molar refractivity (Wildman–Crippen MR) is 55.4 cm³/mol. The van der Waals surface area contributed by atoms with Gasteiger partial charge in [0.05, 0.1) is 7.11 Å². The van der Waals surface area contributed by atoms with Gasteiger partial charge in [0, 0.05) is 29.7 Å². The number of aromatic amines is 1. The second-order valence-corrected chi connectivity index (χ2v) is 3.60. The standard InChI is InChI=1S/C11H12N2O/c1-14-7-2-3-10-8(4-7)9-5-12-6-11(9)13-10/h2-4,12-13H,5-6H2,1H3. The number of rotatable bonds is 1. The maximum Gasteiger partial charge on any atom is 0.119 e. The van der Waals surface area contributed by atoms with Crippen LogP contribution < -0.4 is 10.1 Å². The smallest absolute Gasteiger partial charge is 0.119 e. The molecule has 1 aliphatic heterocycles. The number of methoxy groups -OCH3 is 1. The number of hydrogen-bond acceptors (Lipinski definition) is 2. The number of nitrogens with one attached hydrogen (secondary N) is 2. The summed E-state index contributed by atoms with van der Waals surface area (Å²) in [7, 11) is 1.70. The summed E-state index contributed by atoms with van der Waals surface area (Å²) in [6.07, 6.45) is 0. The highest BCUT2D eigenvalue weighted by Gasteiger charge is 2.16. The van der Waals surface area contributed by atoms with Gasteiger partial charge in [-0.3, -0.25) is 0 Å². The Bertz CT molecular complexity index is 487. The quantitative estimate of drug-likeness (QED) is 0.715. The lowest BCUT2D eigenvalue weighted by Crippen LogP contribution is -2.01. The van der Waals surface area contributed by atoms with E-state index in [2.05, 4.69) is 22.4 Å². The minimum absolute atomic E-state index is 0.922. The first-order chi connectivity index (χ1) is 6.88. The Hall–Kier alpha value is -1.48. The number of hydrogen-bond donors (Lipinski definition) is 2. The van der Waals surface area contributed by atoms with Crippen molar-refractivity contribution in [3.63, 3.8) is 0 Å². The molecule has 14 heavy (non-hydrogen) atoms. The molecule has 1 aromatic heterocycles. The number of aromatic nitrogens is 1. The zero-order chi connectivity index (χ0) is 9.54. The molecular formula is C11H12N2O. The summed E-state index contributed by atoms with van der Waals surface area (Å²) in [4.78, 5) is 3.41. The summed E-state index contributed by atoms with van der Waals surface area (Å²) in [6.45, 7) is 1.91. The molecule has 0 fully saturated rings. The number of fused-ring (bicyclic) bond motifs is 3. The maximum absolute atomic E-state index is 5.22. The van der Waals surface area contributed by atoms with E-state index in [-0.39, 0.29) is 0 Å². The molecule has 2 aromatic rings. The first-order valence-corrected chi connectivity index (χ1v) is 4.76. The Kier molecular flexibility index (Phi) is 1.55. The molecule has 3 nitrogen and oxygen atoms in total. The molecule has 0 spiro atoms. The van der Waals surface area contributed by atoms with Crippen LogP contribution >= 0.6 is 0 Å². The Morgan fingerprint density at radius 3 is 3.07 bits per heavy atom. The molecule has 0 aliphatic carbocycles. The van der Waals surface area contributed by atoms with Crippen LogP contribution in [0.25, 0.3) is 10.9 Å². The van der Waals surface area contributed by atoms with Crippen molar-refractivity contribution >= 4 is 10.9 Å². The van der Waals surface area contributed by atoms with E-state index in [1.807, 2.05) is 6.07 Å². The average molecular weight is 188 g/mol. The summed E-state index contributed by atoms with van der Waals surface area (Å²) in [6, 6.07) is 6.16. The van der Waals surface area contributed by atoms with E-state index < -0.39 is 0 Å². The molecule has 0 radical (unpaired) electrons. The third-order valence-corrected chi connectivity index (χ3v) is 2.81. The number of H-pyrrole nitrogens is 1. The van der Waals surface area contributed by atoms with Crippen molar-refractivity contribution in [1.29, 1.82) is 0 Å². The molecule has 2 N–H and O–H groups in total. The summed E-state index contributed by atoms with van der Waals surface area (Å²) in [5, 5.41) is 4.61. The highest BCUT2D eigenvalue weighted by atomic mass is 16.5. The van der Waals surface area contributed by atoms with Gasteiger partial charge in [0.1, 0.15) is 5.75 Å². The number of ether oxygens (including phenoxy) is 1. The van der Waals surface area contributed by atoms with E-state index >= 15 is 0 Å². The third kappa shape index (κ3) is 0.960. The fourth-order valence-electron chi connectivity index (χ4n) is 2.07. The molecule has 0 saturated carbocycles. The van der Waals surface area contributed by atoms with E-state index in [4.69, 9.17) is 4.74 Å². The lowest BCUT2D eigenvalue weighted by Gasteiger charge is -2.00. The van der Waals surface area contributed by atoms with Gasteiger partial charge in [-0.1, -0.05) is 0 Å². The van der Waals surface area contributed by atoms with E-state index in [0.717, 1.165) is 18.8 Å². The van der Waals surface area contributed by atoms with Gasteiger partial charge >= 0.3 is 0 Å². The molecule has 3 rings (SSSR count). The van der Waals surface area contributed by atoms with Crippen LogP contribution in [-0.2, 0) is 13.1 Å². The largest absolute Gasteiger partial charge is 0.497 e. The van der Waals surface area contributed by atoms with Gasteiger partial charge < -0.3 is 15.0 Å². The Morgan fingerprint density at radius 2 is 2.21 bits per heavy atom. The average Bonchev–Trinajstić information content (AvgIpc) is 2.76. The van der Waals surface area contributed by atoms with E-state index in [1.165, 1.54) is 22.2 Å². The van der Waals surface area contributed by atoms with E-state index in [1.54, 1.807) is 7.11 Å². The van der Waals surface area contributed by atoms with Crippen LogP contribution in [0.15, 0.2) is 18.2 Å². The monoisotopic (exact) mass is 188 g/mol. The number of benzene rings is 1. The zero-order valence-electron chi connectivity index (χ0n) is 8.05. The van der Waals surface area contributed by atoms with Gasteiger partial charge in [-0.25, -0.2) is 0 Å². The van der Waals surface area contributed by atoms with Crippen molar-refractivity contribution in [3.05, 3.63) is 29.5 Å². The van der Waals surface area contributed by atoms with Crippen molar-refractivity contribution in [2.24, 2.45) is 0 Å². The van der Waals surface area contributed by atoms with Crippen LogP contribution in [0.5, 0.6) is 5.75 Å². The molecule has 0 unspecified atom stereocenters. The Labute approximate surface area is 82.1 Å². The molecular weight excluding hydrogens is 176 g/mol. The van der Waals surface area contributed by atoms with Gasteiger partial charge in [0.2, 0.25) is 0 Å². The highest BCUT2D eigenvalue weighted by Crippen LogP contribution is 2.28. The van der Waals surface area contributed by atoms with Crippen LogP contribution in [0.4, 0.5) is 0 Å². The molecule has 3 heteroatoms. The van der Waals surface area contributed by atoms with Crippen molar-refractivity contribution in [2.45, 2.75) is 13.1 Å². The van der Waals surface area contributed by atoms with Crippen LogP contribution in [0, 0.1) is 0 Å². The molecule has 1 aliphatic rings. The Morgan fingerprint density at radius 1 is 1.29 bits per heavy atom. The summed E-state index contributed by atoms with van der Waals surface area (Å²) in [5.74, 6) is 0.922. The maximum atomic E-state index is 5.22. The molecule has 1 aromatic carbocycles. The third-order valence-electron chi connectivity index (χ3n) is 2.81. The normalized spacial score (nSPS) is 14.6. The van der Waals surface area contributed by atoms with Gasteiger partial charge in [-0.15, -0.1) is 0 Å². The van der Waals surface area contributed by atoms with Crippen LogP contribution in [-0.4, -0.2) is 12.1 Å². The van der Waals surface area contributed by atoms with Crippen molar-refractivity contribution < 1.29 is 4.74 Å². The fourth-order valence-corrected chi connectivity index (χ4v) is 2.07. The molecule has 0 amide bonds. The van der Waals surface area contributed by atoms with Gasteiger partial charge in [0.25, 0.3) is 0 Å². The predicted octanol–water partition coefficient (Wildman–Crippen LogP) is 1.78. The molecule has 2 heterocycles. The molecule has 0 atom stereocenters. The fraction of sp³-hybridized carbons (Fsp3) is 0.273. The minimum Gasteiger partial charge on any atom is -0.497 e. The van der Waals surface area contributed by atoms with Gasteiger partial charge in [-0.2, -0.15) is 0 Å². The van der Waals surface area contributed by atoms with Crippen molar-refractivity contribution in [3.8, 4) is 5.75 Å². The minimum atomic E-state index is 0.922. The van der Waals surface area contributed by atoms with Gasteiger partial charge in [-0.05, 0) is 23.8 Å². The van der Waals surface area contributed by atoms with Crippen LogP contribution in [0.3, 0.4) is 0 Å². The van der Waals surface area contributed by atoms with Crippen molar-refractivity contribution in [2.75, 3.05) is 7.11 Å². The second kappa shape index (κ2) is 2.75. The summed E-state index contributed by atoms with van der Waals surface area (Å²) >= 11 is 0. The first kappa shape index (κ1) is 7.88. The summed E-state index contributed by atoms with van der Waals surface area (Å²) in [5.41, 5.74) is 3.91. The molecule has 72 valence electrons. The Balaban J connectivity index is 2.29. The first-order valence-electron chi connectivity index (χ1n) is 4.76. The lowest BCUT2D eigenvalue weighted by atomic mass is 10.1. The van der Waals surface area contributed by atoms with Crippen LogP contribution in [0.1, 0.15) is 11.3 Å². The molecule has 0 saturated heterocycles.